The van der Waals surface area contributed by atoms with Crippen molar-refractivity contribution in [2.75, 3.05) is 0 Å². The van der Waals surface area contributed by atoms with Crippen LogP contribution >= 0.6 is 0 Å². The minimum Gasteiger partial charge on any atom is -0.248 e. The molecule has 5 heteroatoms. The van der Waals surface area contributed by atoms with Gasteiger partial charge in [-0.3, -0.25) is 0 Å². The molecule has 5 nitrogen and oxygen atoms in total. The zero-order valence-electron chi connectivity index (χ0n) is 36.6. The third-order valence-electron chi connectivity index (χ3n) is 13.5. The van der Waals surface area contributed by atoms with E-state index < -0.39 is 0 Å². The molecule has 14 rings (SSSR count). The Hall–Kier alpha value is -9.19. The molecular weight excluding hydrogens is 827 g/mol. The zero-order valence-corrected chi connectivity index (χ0v) is 36.6. The minimum atomic E-state index is 0.582. The first-order valence-electron chi connectivity index (χ1n) is 22.9. The van der Waals surface area contributed by atoms with Crippen molar-refractivity contribution in [3.8, 4) is 56.4 Å². The summed E-state index contributed by atoms with van der Waals surface area (Å²) in [6.45, 7) is 0. The second kappa shape index (κ2) is 15.2. The van der Waals surface area contributed by atoms with Crippen LogP contribution < -0.4 is 0 Å². The third kappa shape index (κ3) is 6.68. The molecule has 0 atom stereocenters. The standard InChI is InChI=1S/C63H37N5/c1-3-11-40-27-50-29-44(19-17-42(50)25-38(40)9-1)52-35-53(45-20-18-43-26-39-10-2-4-12-41(39)28-51(43)30-45)37-56(36-52)63-67-61(48-21-23-59-54(33-48)31-46-13-5-7-15-57(46)64-59)66-62(68-63)49-22-24-60-55(34-49)32-47-14-6-8-16-58(47)65-60/h1-37H. The quantitative estimate of drug-likeness (QED) is 0.161. The lowest BCUT2D eigenvalue weighted by atomic mass is 9.92. The van der Waals surface area contributed by atoms with Gasteiger partial charge in [-0.15, -0.1) is 0 Å². The maximum atomic E-state index is 5.35. The van der Waals surface area contributed by atoms with Crippen LogP contribution in [0.5, 0.6) is 0 Å². The van der Waals surface area contributed by atoms with Crippen molar-refractivity contribution in [3.63, 3.8) is 0 Å². The summed E-state index contributed by atoms with van der Waals surface area (Å²) in [6.07, 6.45) is 0. The number of hydrogen-bond acceptors (Lipinski definition) is 5. The topological polar surface area (TPSA) is 64.5 Å². The highest BCUT2D eigenvalue weighted by molar-refractivity contribution is 6.02. The van der Waals surface area contributed by atoms with Gasteiger partial charge in [0.15, 0.2) is 17.5 Å². The third-order valence-corrected chi connectivity index (χ3v) is 13.5. The Morgan fingerprint density at radius 1 is 0.162 bits per heavy atom. The molecule has 0 saturated carbocycles. The van der Waals surface area contributed by atoms with Gasteiger partial charge in [-0.1, -0.05) is 109 Å². The van der Waals surface area contributed by atoms with Crippen LogP contribution in [0, 0.1) is 0 Å². The van der Waals surface area contributed by atoms with E-state index in [-0.39, 0.29) is 0 Å². The average molecular weight is 864 g/mol. The monoisotopic (exact) mass is 863 g/mol. The van der Waals surface area contributed by atoms with E-state index in [4.69, 9.17) is 24.9 Å². The molecule has 0 aliphatic heterocycles. The molecule has 3 heterocycles. The summed E-state index contributed by atoms with van der Waals surface area (Å²) in [4.78, 5) is 25.9. The maximum absolute atomic E-state index is 5.35. The van der Waals surface area contributed by atoms with E-state index in [0.717, 1.165) is 82.6 Å². The van der Waals surface area contributed by atoms with Crippen molar-refractivity contribution in [2.45, 2.75) is 0 Å². The lowest BCUT2D eigenvalue weighted by Gasteiger charge is -2.14. The van der Waals surface area contributed by atoms with Gasteiger partial charge in [0.05, 0.1) is 22.1 Å². The van der Waals surface area contributed by atoms with Crippen molar-refractivity contribution in [2.24, 2.45) is 0 Å². The molecule has 3 aromatic heterocycles. The van der Waals surface area contributed by atoms with Crippen molar-refractivity contribution in [3.05, 3.63) is 224 Å². The predicted octanol–water partition coefficient (Wildman–Crippen LogP) is 16.2. The Bertz CT molecular complexity index is 3850. The van der Waals surface area contributed by atoms with Crippen LogP contribution in [0.25, 0.3) is 143 Å². The van der Waals surface area contributed by atoms with E-state index >= 15 is 0 Å². The van der Waals surface area contributed by atoms with Crippen molar-refractivity contribution in [1.82, 2.24) is 24.9 Å². The smallest absolute Gasteiger partial charge is 0.164 e. The average Bonchev–Trinajstić information content (AvgIpc) is 3.39. The Morgan fingerprint density at radius 2 is 0.471 bits per heavy atom. The number of nitrogens with zero attached hydrogens (tertiary/aromatic N) is 5. The molecule has 14 aromatic rings. The molecule has 314 valence electrons. The van der Waals surface area contributed by atoms with E-state index in [0.29, 0.717) is 17.5 Å². The van der Waals surface area contributed by atoms with Gasteiger partial charge in [-0.2, -0.15) is 0 Å². The van der Waals surface area contributed by atoms with Gasteiger partial charge in [0.25, 0.3) is 0 Å². The van der Waals surface area contributed by atoms with Crippen LogP contribution in [0.2, 0.25) is 0 Å². The van der Waals surface area contributed by atoms with Crippen molar-refractivity contribution < 1.29 is 0 Å². The summed E-state index contributed by atoms with van der Waals surface area (Å²) in [7, 11) is 0. The number of rotatable bonds is 5. The van der Waals surface area contributed by atoms with Gasteiger partial charge in [0, 0.05) is 38.2 Å². The summed E-state index contributed by atoms with van der Waals surface area (Å²) >= 11 is 0. The fourth-order valence-corrected chi connectivity index (χ4v) is 9.93. The fraction of sp³-hybridized carbons (Fsp3) is 0. The Morgan fingerprint density at radius 3 is 0.926 bits per heavy atom. The highest BCUT2D eigenvalue weighted by Gasteiger charge is 2.17. The molecular formula is C63H37N5. The van der Waals surface area contributed by atoms with Crippen molar-refractivity contribution >= 4 is 86.7 Å². The van der Waals surface area contributed by atoms with E-state index in [2.05, 4.69) is 200 Å². The van der Waals surface area contributed by atoms with Gasteiger partial charge in [0.1, 0.15) is 0 Å². The summed E-state index contributed by atoms with van der Waals surface area (Å²) < 4.78 is 0. The van der Waals surface area contributed by atoms with E-state index in [1.165, 1.54) is 43.1 Å². The second-order valence-electron chi connectivity index (χ2n) is 17.8. The SMILES string of the molecule is c1ccc2cc3cc(-c4cc(-c5ccc6cc7ccccc7cc6c5)cc(-c5nc(-c6ccc7nc8ccccc8cc7c6)nc(-c6ccc7nc8ccccc8cc7c6)n5)c4)ccc3cc2c1. The molecule has 0 fully saturated rings. The van der Waals surface area contributed by atoms with Crippen molar-refractivity contribution in [1.29, 1.82) is 0 Å². The molecule has 11 aromatic carbocycles. The van der Waals surface area contributed by atoms with Crippen LogP contribution in [0.15, 0.2) is 224 Å². The summed E-state index contributed by atoms with van der Waals surface area (Å²) in [5, 5.41) is 13.9. The molecule has 0 spiro atoms. The zero-order chi connectivity index (χ0) is 44.7. The number of para-hydroxylation sites is 2. The molecule has 0 radical (unpaired) electrons. The molecule has 0 aliphatic carbocycles. The molecule has 0 aliphatic rings. The fourth-order valence-electron chi connectivity index (χ4n) is 9.93. The Kier molecular flexibility index (Phi) is 8.52. The number of pyridine rings is 2. The summed E-state index contributed by atoms with van der Waals surface area (Å²) in [6, 6.07) is 80.0. The highest BCUT2D eigenvalue weighted by Crippen LogP contribution is 2.37. The normalized spacial score (nSPS) is 11.8. The van der Waals surface area contributed by atoms with Crippen LogP contribution in [0.3, 0.4) is 0 Å². The molecule has 0 amide bonds. The number of aromatic nitrogens is 5. The lowest BCUT2D eigenvalue weighted by Crippen LogP contribution is -2.01. The van der Waals surface area contributed by atoms with Crippen LogP contribution in [-0.2, 0) is 0 Å². The molecule has 0 unspecified atom stereocenters. The van der Waals surface area contributed by atoms with Crippen LogP contribution in [0.1, 0.15) is 0 Å². The highest BCUT2D eigenvalue weighted by atomic mass is 15.0. The predicted molar refractivity (Wildman–Crippen MR) is 283 cm³/mol. The lowest BCUT2D eigenvalue weighted by molar-refractivity contribution is 1.08. The number of fused-ring (bicyclic) bond motifs is 8. The van der Waals surface area contributed by atoms with E-state index in [1.807, 2.05) is 24.3 Å². The van der Waals surface area contributed by atoms with E-state index in [1.54, 1.807) is 0 Å². The van der Waals surface area contributed by atoms with Crippen LogP contribution in [-0.4, -0.2) is 24.9 Å². The first-order valence-corrected chi connectivity index (χ1v) is 22.9. The van der Waals surface area contributed by atoms with Gasteiger partial charge in [-0.25, -0.2) is 24.9 Å². The summed E-state index contributed by atoms with van der Waals surface area (Å²) in [5.41, 5.74) is 10.8. The van der Waals surface area contributed by atoms with Gasteiger partial charge in [-0.05, 0) is 181 Å². The Balaban J connectivity index is 0.989. The van der Waals surface area contributed by atoms with Crippen LogP contribution in [0.4, 0.5) is 0 Å². The van der Waals surface area contributed by atoms with E-state index in [9.17, 15) is 0 Å². The first-order chi connectivity index (χ1) is 33.6. The maximum Gasteiger partial charge on any atom is 0.164 e. The van der Waals surface area contributed by atoms with Gasteiger partial charge in [0.2, 0.25) is 0 Å². The minimum absolute atomic E-state index is 0.582. The first kappa shape index (κ1) is 38.1. The number of benzene rings is 11. The molecule has 0 N–H and O–H groups in total. The van der Waals surface area contributed by atoms with Gasteiger partial charge >= 0.3 is 0 Å². The second-order valence-corrected chi connectivity index (χ2v) is 17.8. The summed E-state index contributed by atoms with van der Waals surface area (Å²) in [5.74, 6) is 1.75. The largest absolute Gasteiger partial charge is 0.248 e. The Labute approximate surface area is 390 Å². The number of hydrogen-bond donors (Lipinski definition) is 0. The molecule has 0 saturated heterocycles. The van der Waals surface area contributed by atoms with Gasteiger partial charge < -0.3 is 0 Å². The molecule has 0 bridgehead atoms. The molecule has 68 heavy (non-hydrogen) atoms.